The topological polar surface area (TPSA) is 103 Å². The van der Waals surface area contributed by atoms with Crippen molar-refractivity contribution in [1.82, 2.24) is 21.5 Å². The Kier molecular flexibility index (Phi) is 3.95. The number of methoxy groups -OCH3 is 1. The van der Waals surface area contributed by atoms with E-state index in [9.17, 15) is 9.59 Å². The lowest BCUT2D eigenvalue weighted by atomic mass is 10.00. The maximum Gasteiger partial charge on any atom is 0.438 e. The summed E-state index contributed by atoms with van der Waals surface area (Å²) in [5, 5.41) is 9.68. The van der Waals surface area contributed by atoms with Crippen molar-refractivity contribution in [3.63, 3.8) is 0 Å². The molecule has 0 spiro atoms. The highest BCUT2D eigenvalue weighted by Gasteiger charge is 2.37. The molecule has 8 heteroatoms. The lowest BCUT2D eigenvalue weighted by molar-refractivity contribution is -0.148. The summed E-state index contributed by atoms with van der Waals surface area (Å²) in [5.74, 6) is -0.501. The average Bonchev–Trinajstić information content (AvgIpc) is 2.46. The molecule has 1 fully saturated rings. The second-order valence-electron chi connectivity index (χ2n) is 3.89. The second kappa shape index (κ2) is 5.65. The van der Waals surface area contributed by atoms with Crippen LogP contribution in [0.3, 0.4) is 0 Å². The molecule has 1 aromatic rings. The van der Waals surface area contributed by atoms with Crippen molar-refractivity contribution in [2.45, 2.75) is 12.1 Å². The zero-order valence-electron chi connectivity index (χ0n) is 10.2. The number of hydrogen-bond donors (Lipinski definition) is 4. The van der Waals surface area contributed by atoms with Crippen LogP contribution in [0.25, 0.3) is 0 Å². The van der Waals surface area contributed by atoms with Crippen LogP contribution in [0.5, 0.6) is 0 Å². The Labute approximate surface area is 109 Å². The molecule has 8 nitrogen and oxygen atoms in total. The van der Waals surface area contributed by atoms with Gasteiger partial charge in [-0.1, -0.05) is 30.3 Å². The number of hydrogen-bond acceptors (Lipinski definition) is 6. The molecule has 1 aliphatic heterocycles. The highest BCUT2D eigenvalue weighted by molar-refractivity contribution is 5.77. The van der Waals surface area contributed by atoms with Gasteiger partial charge < -0.3 is 9.84 Å². The molecule has 1 amide bonds. The summed E-state index contributed by atoms with van der Waals surface area (Å²) in [7, 11) is 1.27. The fourth-order valence-corrected chi connectivity index (χ4v) is 1.82. The molecule has 1 heterocycles. The molecular weight excluding hydrogens is 252 g/mol. The number of carbonyl (C=O) groups excluding carboxylic acids is 1. The SMILES string of the molecule is COC(=O)C1NNN(C(=O)O)NC1c1ccccc1. The molecule has 2 atom stereocenters. The molecule has 2 unspecified atom stereocenters. The van der Waals surface area contributed by atoms with Crippen LogP contribution in [-0.4, -0.2) is 35.4 Å². The number of carbonyl (C=O) groups is 2. The van der Waals surface area contributed by atoms with E-state index in [1.165, 1.54) is 7.11 Å². The lowest BCUT2D eigenvalue weighted by Gasteiger charge is -2.37. The summed E-state index contributed by atoms with van der Waals surface area (Å²) >= 11 is 0. The number of carboxylic acid groups (broad SMARTS) is 1. The Hall–Kier alpha value is -2.16. The van der Waals surface area contributed by atoms with Gasteiger partial charge in [0.25, 0.3) is 0 Å². The molecule has 19 heavy (non-hydrogen) atoms. The first-order chi connectivity index (χ1) is 9.13. The minimum Gasteiger partial charge on any atom is -0.468 e. The van der Waals surface area contributed by atoms with E-state index in [0.717, 1.165) is 10.7 Å². The van der Waals surface area contributed by atoms with Gasteiger partial charge >= 0.3 is 12.1 Å². The second-order valence-corrected chi connectivity index (χ2v) is 3.89. The van der Waals surface area contributed by atoms with Crippen LogP contribution in [0, 0.1) is 0 Å². The van der Waals surface area contributed by atoms with Gasteiger partial charge in [0.2, 0.25) is 0 Å². The van der Waals surface area contributed by atoms with Crippen molar-refractivity contribution >= 4 is 12.1 Å². The van der Waals surface area contributed by atoms with E-state index >= 15 is 0 Å². The molecule has 102 valence electrons. The first-order valence-electron chi connectivity index (χ1n) is 5.56. The van der Waals surface area contributed by atoms with Gasteiger partial charge in [-0.25, -0.2) is 15.6 Å². The van der Waals surface area contributed by atoms with Gasteiger partial charge in [-0.15, -0.1) is 5.53 Å². The van der Waals surface area contributed by atoms with Crippen molar-refractivity contribution in [2.75, 3.05) is 7.11 Å². The zero-order chi connectivity index (χ0) is 13.8. The van der Waals surface area contributed by atoms with Crippen LogP contribution in [0.2, 0.25) is 0 Å². The van der Waals surface area contributed by atoms with Crippen LogP contribution in [0.4, 0.5) is 4.79 Å². The number of nitrogens with one attached hydrogen (secondary N) is 3. The van der Waals surface area contributed by atoms with Gasteiger partial charge in [0.05, 0.1) is 13.2 Å². The largest absolute Gasteiger partial charge is 0.468 e. The summed E-state index contributed by atoms with van der Waals surface area (Å²) in [6.45, 7) is 0. The summed E-state index contributed by atoms with van der Waals surface area (Å²) in [6, 6.07) is 7.72. The van der Waals surface area contributed by atoms with Gasteiger partial charge in [-0.05, 0) is 5.56 Å². The molecular formula is C11H14N4O4. The third-order valence-corrected chi connectivity index (χ3v) is 2.74. The molecule has 4 N–H and O–H groups in total. The number of rotatable bonds is 2. The van der Waals surface area contributed by atoms with Crippen molar-refractivity contribution in [3.05, 3.63) is 35.9 Å². The Morgan fingerprint density at radius 1 is 1.32 bits per heavy atom. The fourth-order valence-electron chi connectivity index (χ4n) is 1.82. The Morgan fingerprint density at radius 3 is 2.58 bits per heavy atom. The van der Waals surface area contributed by atoms with Crippen LogP contribution < -0.4 is 16.4 Å². The Bertz CT molecular complexity index is 467. The molecule has 0 aromatic heterocycles. The first-order valence-corrected chi connectivity index (χ1v) is 5.56. The number of esters is 1. The van der Waals surface area contributed by atoms with Gasteiger partial charge in [0, 0.05) is 0 Å². The standard InChI is InChI=1S/C11H14N4O4/c1-19-10(16)9-8(7-5-3-2-4-6-7)13-15(11(17)18)14-12-9/h2-6,8-9,12-14H,1H3,(H,17,18). The third kappa shape index (κ3) is 2.81. The van der Waals surface area contributed by atoms with Crippen LogP contribution in [-0.2, 0) is 9.53 Å². The van der Waals surface area contributed by atoms with Gasteiger partial charge in [-0.2, -0.15) is 5.12 Å². The highest BCUT2D eigenvalue weighted by Crippen LogP contribution is 2.19. The maximum atomic E-state index is 11.7. The van der Waals surface area contributed by atoms with E-state index in [1.807, 2.05) is 6.07 Å². The van der Waals surface area contributed by atoms with Gasteiger partial charge in [-0.3, -0.25) is 4.79 Å². The molecule has 1 saturated heterocycles. The zero-order valence-corrected chi connectivity index (χ0v) is 10.2. The highest BCUT2D eigenvalue weighted by atomic mass is 16.5. The summed E-state index contributed by atoms with van der Waals surface area (Å²) in [4.78, 5) is 22.6. The maximum absolute atomic E-state index is 11.7. The van der Waals surface area contributed by atoms with Crippen LogP contribution >= 0.6 is 0 Å². The number of benzene rings is 1. The van der Waals surface area contributed by atoms with E-state index in [0.29, 0.717) is 0 Å². The smallest absolute Gasteiger partial charge is 0.438 e. The molecule has 0 aliphatic carbocycles. The molecule has 0 bridgehead atoms. The van der Waals surface area contributed by atoms with E-state index in [4.69, 9.17) is 5.11 Å². The fraction of sp³-hybridized carbons (Fsp3) is 0.273. The van der Waals surface area contributed by atoms with Crippen molar-refractivity contribution in [2.24, 2.45) is 0 Å². The number of amides is 1. The van der Waals surface area contributed by atoms with Crippen LogP contribution in [0.15, 0.2) is 30.3 Å². The van der Waals surface area contributed by atoms with Crippen LogP contribution in [0.1, 0.15) is 11.6 Å². The minimum absolute atomic E-state index is 0.501. The van der Waals surface area contributed by atoms with Crippen molar-refractivity contribution < 1.29 is 19.4 Å². The van der Waals surface area contributed by atoms with Crippen molar-refractivity contribution in [1.29, 1.82) is 0 Å². The molecule has 0 saturated carbocycles. The molecule has 1 aromatic carbocycles. The first kappa shape index (κ1) is 13.3. The molecule has 1 aliphatic rings. The summed E-state index contributed by atoms with van der Waals surface area (Å²) in [6.07, 6.45) is -1.23. The van der Waals surface area contributed by atoms with E-state index in [2.05, 4.69) is 21.1 Å². The molecule has 2 rings (SSSR count). The van der Waals surface area contributed by atoms with E-state index < -0.39 is 24.1 Å². The van der Waals surface area contributed by atoms with E-state index in [1.54, 1.807) is 24.3 Å². The lowest BCUT2D eigenvalue weighted by Crippen LogP contribution is -2.69. The summed E-state index contributed by atoms with van der Waals surface area (Å²) in [5.41, 5.74) is 8.42. The van der Waals surface area contributed by atoms with Crippen molar-refractivity contribution in [3.8, 4) is 0 Å². The number of ether oxygens (including phenoxy) is 1. The van der Waals surface area contributed by atoms with E-state index in [-0.39, 0.29) is 0 Å². The predicted molar refractivity (Wildman–Crippen MR) is 64.3 cm³/mol. The average molecular weight is 266 g/mol. The van der Waals surface area contributed by atoms with Gasteiger partial charge in [0.15, 0.2) is 0 Å². The number of hydrazine groups is 3. The summed E-state index contributed by atoms with van der Waals surface area (Å²) < 4.78 is 4.69. The molecule has 0 radical (unpaired) electrons. The van der Waals surface area contributed by atoms with Gasteiger partial charge in [0.1, 0.15) is 6.04 Å². The minimum atomic E-state index is -1.23. The Balaban J connectivity index is 2.25. The third-order valence-electron chi connectivity index (χ3n) is 2.74. The quantitative estimate of drug-likeness (QED) is 0.548. The predicted octanol–water partition coefficient (Wildman–Crippen LogP) is -0.223. The monoisotopic (exact) mass is 266 g/mol. The Morgan fingerprint density at radius 2 is 2.00 bits per heavy atom. The number of nitrogens with zero attached hydrogens (tertiary/aromatic N) is 1. The normalized spacial score (nSPS) is 22.9.